The highest BCUT2D eigenvalue weighted by Crippen LogP contribution is 2.17. The molecule has 0 aliphatic heterocycles. The van der Waals surface area contributed by atoms with E-state index in [0.717, 1.165) is 116 Å². The Morgan fingerprint density at radius 1 is 0.433 bits per heavy atom. The standard InChI is InChI=1S/C52H98N2O6/c1-9-11-13-31-39-49(41-33-25-21-17-15-19-23-29-37-47(3)55)59-51(57)45-53(5,6)43-35-27-28-36-44-54(7,8)46-52(58)60-50(40-32-14-12-10-2)42-34-26-22-18-16-20-24-30-38-48(4)56/h25-26,33-34,49-50H,9-24,27-32,35-46H2,1-8H3/q+2/b33-25+,34-26+. The number of ketones is 2. The van der Waals surface area contributed by atoms with Crippen LogP contribution in [0.2, 0.25) is 0 Å². The van der Waals surface area contributed by atoms with Crippen molar-refractivity contribution in [3.05, 3.63) is 24.3 Å². The van der Waals surface area contributed by atoms with Crippen molar-refractivity contribution < 1.29 is 37.6 Å². The molecule has 0 aliphatic rings. The molecule has 2 atom stereocenters. The fraction of sp³-hybridized carbons (Fsp3) is 0.846. The fourth-order valence-electron chi connectivity index (χ4n) is 7.85. The largest absolute Gasteiger partial charge is 0.458 e. The van der Waals surface area contributed by atoms with E-state index in [1.807, 2.05) is 0 Å². The number of nitrogens with zero attached hydrogens (tertiary/aromatic N) is 2. The van der Waals surface area contributed by atoms with Gasteiger partial charge in [0.05, 0.1) is 41.3 Å². The van der Waals surface area contributed by atoms with Gasteiger partial charge in [-0.25, -0.2) is 9.59 Å². The van der Waals surface area contributed by atoms with Gasteiger partial charge in [-0.05, 0) is 104 Å². The lowest BCUT2D eigenvalue weighted by Crippen LogP contribution is -2.46. The number of likely N-dealkylation sites (N-methyl/N-ethyl adjacent to an activating group) is 2. The monoisotopic (exact) mass is 847 g/mol. The molecule has 0 aliphatic carbocycles. The van der Waals surface area contributed by atoms with Gasteiger partial charge in [-0.1, -0.05) is 115 Å². The van der Waals surface area contributed by atoms with Crippen LogP contribution in [0.4, 0.5) is 0 Å². The first-order valence-corrected chi connectivity index (χ1v) is 25.0. The van der Waals surface area contributed by atoms with Gasteiger partial charge in [-0.3, -0.25) is 0 Å². The Morgan fingerprint density at radius 3 is 1.13 bits per heavy atom. The number of rotatable bonds is 43. The van der Waals surface area contributed by atoms with Crippen molar-refractivity contribution in [2.75, 3.05) is 54.4 Å². The van der Waals surface area contributed by atoms with Crippen molar-refractivity contribution in [3.63, 3.8) is 0 Å². The number of allylic oxidation sites excluding steroid dienone is 2. The molecule has 0 spiro atoms. The van der Waals surface area contributed by atoms with E-state index in [9.17, 15) is 19.2 Å². The maximum atomic E-state index is 13.1. The summed E-state index contributed by atoms with van der Waals surface area (Å²) in [7, 11) is 8.55. The predicted molar refractivity (Wildman–Crippen MR) is 253 cm³/mol. The summed E-state index contributed by atoms with van der Waals surface area (Å²) < 4.78 is 13.5. The Hall–Kier alpha value is -2.32. The molecule has 8 heteroatoms. The Balaban J connectivity index is 4.61. The van der Waals surface area contributed by atoms with Gasteiger partial charge in [0, 0.05) is 25.7 Å². The zero-order valence-electron chi connectivity index (χ0n) is 40.8. The Bertz CT molecular complexity index is 1060. The van der Waals surface area contributed by atoms with Gasteiger partial charge in [-0.15, -0.1) is 0 Å². The van der Waals surface area contributed by atoms with Crippen LogP contribution in [0.5, 0.6) is 0 Å². The average molecular weight is 847 g/mol. The smallest absolute Gasteiger partial charge is 0.362 e. The van der Waals surface area contributed by atoms with Crippen LogP contribution in [-0.2, 0) is 28.7 Å². The van der Waals surface area contributed by atoms with Crippen LogP contribution < -0.4 is 0 Å². The van der Waals surface area contributed by atoms with Crippen LogP contribution in [0, 0.1) is 0 Å². The van der Waals surface area contributed by atoms with Crippen molar-refractivity contribution >= 4 is 23.5 Å². The van der Waals surface area contributed by atoms with Crippen molar-refractivity contribution in [1.82, 2.24) is 0 Å². The lowest BCUT2D eigenvalue weighted by molar-refractivity contribution is -0.884. The zero-order chi connectivity index (χ0) is 44.7. The summed E-state index contributed by atoms with van der Waals surface area (Å²) in [6, 6.07) is 0. The highest BCUT2D eigenvalue weighted by atomic mass is 16.5. The van der Waals surface area contributed by atoms with Crippen LogP contribution >= 0.6 is 0 Å². The molecule has 0 heterocycles. The number of quaternary nitrogens is 2. The lowest BCUT2D eigenvalue weighted by atomic mass is 10.1. The number of unbranched alkanes of at least 4 members (excludes halogenated alkanes) is 19. The second kappa shape index (κ2) is 38.4. The Kier molecular flexibility index (Phi) is 36.9. The molecule has 350 valence electrons. The van der Waals surface area contributed by atoms with Crippen LogP contribution in [0.1, 0.15) is 220 Å². The topological polar surface area (TPSA) is 86.7 Å². The van der Waals surface area contributed by atoms with E-state index in [4.69, 9.17) is 9.47 Å². The molecule has 0 saturated carbocycles. The number of carbonyl (C=O) groups excluding carboxylic acids is 4. The number of hydrogen-bond acceptors (Lipinski definition) is 6. The van der Waals surface area contributed by atoms with E-state index in [1.165, 1.54) is 77.0 Å². The molecule has 0 amide bonds. The maximum absolute atomic E-state index is 13.1. The first kappa shape index (κ1) is 57.7. The zero-order valence-corrected chi connectivity index (χ0v) is 40.8. The molecular formula is C52H98N2O6+2. The van der Waals surface area contributed by atoms with Gasteiger partial charge in [0.25, 0.3) is 0 Å². The van der Waals surface area contributed by atoms with Gasteiger partial charge in [0.2, 0.25) is 0 Å². The molecule has 0 fully saturated rings. The number of ether oxygens (including phenoxy) is 2. The summed E-state index contributed by atoms with van der Waals surface area (Å²) >= 11 is 0. The van der Waals surface area contributed by atoms with Gasteiger partial charge in [0.15, 0.2) is 13.1 Å². The first-order chi connectivity index (χ1) is 28.7. The van der Waals surface area contributed by atoms with Crippen molar-refractivity contribution in [2.24, 2.45) is 0 Å². The molecule has 0 bridgehead atoms. The molecule has 0 N–H and O–H groups in total. The molecule has 2 unspecified atom stereocenters. The molecule has 0 aromatic carbocycles. The molecule has 0 aromatic rings. The maximum Gasteiger partial charge on any atom is 0.362 e. The highest BCUT2D eigenvalue weighted by molar-refractivity contribution is 5.75. The molecule has 0 radical (unpaired) electrons. The quantitative estimate of drug-likeness (QED) is 0.0263. The number of carbonyl (C=O) groups is 4. The van der Waals surface area contributed by atoms with Gasteiger partial charge < -0.3 is 28.0 Å². The lowest BCUT2D eigenvalue weighted by Gasteiger charge is -2.30. The second-order valence-electron chi connectivity index (χ2n) is 19.4. The number of Topliss-reactive ketones (excluding diaryl/α,β-unsaturated/α-hetero) is 2. The molecular weight excluding hydrogens is 749 g/mol. The van der Waals surface area contributed by atoms with Gasteiger partial charge >= 0.3 is 11.9 Å². The van der Waals surface area contributed by atoms with Crippen LogP contribution in [0.15, 0.2) is 24.3 Å². The van der Waals surface area contributed by atoms with Crippen molar-refractivity contribution in [2.45, 2.75) is 233 Å². The minimum absolute atomic E-state index is 0.0500. The summed E-state index contributed by atoms with van der Waals surface area (Å²) in [4.78, 5) is 48.5. The number of hydrogen-bond donors (Lipinski definition) is 0. The van der Waals surface area contributed by atoms with E-state index in [2.05, 4.69) is 66.3 Å². The Labute approximate surface area is 371 Å². The second-order valence-corrected chi connectivity index (χ2v) is 19.4. The van der Waals surface area contributed by atoms with Gasteiger partial charge in [0.1, 0.15) is 23.8 Å². The molecule has 8 nitrogen and oxygen atoms in total. The highest BCUT2D eigenvalue weighted by Gasteiger charge is 2.25. The summed E-state index contributed by atoms with van der Waals surface area (Å²) in [5, 5.41) is 0. The molecule has 0 aromatic heterocycles. The van der Waals surface area contributed by atoms with Gasteiger partial charge in [-0.2, -0.15) is 0 Å². The van der Waals surface area contributed by atoms with Crippen LogP contribution in [-0.4, -0.2) is 99.0 Å². The summed E-state index contributed by atoms with van der Waals surface area (Å²) in [5.41, 5.74) is 0. The normalized spacial score (nSPS) is 13.3. The minimum atomic E-state index is -0.0886. The van der Waals surface area contributed by atoms with Crippen LogP contribution in [0.3, 0.4) is 0 Å². The van der Waals surface area contributed by atoms with E-state index in [-0.39, 0.29) is 24.1 Å². The van der Waals surface area contributed by atoms with Crippen molar-refractivity contribution in [3.8, 4) is 0 Å². The molecule has 0 saturated heterocycles. The van der Waals surface area contributed by atoms with E-state index < -0.39 is 0 Å². The van der Waals surface area contributed by atoms with E-state index >= 15 is 0 Å². The summed E-state index contributed by atoms with van der Waals surface area (Å²) in [6.45, 7) is 10.5. The SMILES string of the molecule is CCCCCCC(C/C=C/CCCCCCCC(C)=O)OC(=O)C[N+](C)(C)CCCCCC[N+](C)(C)CC(=O)OC(C/C=C/CCCCCCCC(C)=O)CCCCCC. The molecule has 60 heavy (non-hydrogen) atoms. The molecule has 0 rings (SSSR count). The van der Waals surface area contributed by atoms with Crippen molar-refractivity contribution in [1.29, 1.82) is 0 Å². The average Bonchev–Trinajstić information content (AvgIpc) is 3.16. The Morgan fingerprint density at radius 2 is 0.767 bits per heavy atom. The van der Waals surface area contributed by atoms with E-state index in [0.29, 0.717) is 46.5 Å². The first-order valence-electron chi connectivity index (χ1n) is 25.0. The van der Waals surface area contributed by atoms with Crippen LogP contribution in [0.25, 0.3) is 0 Å². The third-order valence-corrected chi connectivity index (χ3v) is 11.7. The van der Waals surface area contributed by atoms with E-state index in [1.54, 1.807) is 13.8 Å². The number of esters is 2. The summed E-state index contributed by atoms with van der Waals surface area (Å²) in [6.07, 6.45) is 41.0. The fourth-order valence-corrected chi connectivity index (χ4v) is 7.85. The third-order valence-electron chi connectivity index (χ3n) is 11.7. The summed E-state index contributed by atoms with van der Waals surface area (Å²) in [5.74, 6) is 0.404. The minimum Gasteiger partial charge on any atom is -0.458 e. The third kappa shape index (κ3) is 39.8. The predicted octanol–water partition coefficient (Wildman–Crippen LogP) is 13.0.